The molecule has 24 heavy (non-hydrogen) atoms. The fourth-order valence-electron chi connectivity index (χ4n) is 1.64. The Balaban J connectivity index is 2.28. The van der Waals surface area contributed by atoms with Gasteiger partial charge in [0.15, 0.2) is 0 Å². The van der Waals surface area contributed by atoms with Gasteiger partial charge in [-0.1, -0.05) is 18.2 Å². The number of rotatable bonds is 4. The van der Waals surface area contributed by atoms with Crippen LogP contribution in [0.15, 0.2) is 58.8 Å². The standard InChI is InChI=1S/C14H9F3N4O3/c15-14(16,17)13(22)18-11-7-6-10(8-12(11)21(23)24)20-19-9-4-2-1-3-5-9/h1-8H,(H,18,22). The molecule has 0 radical (unpaired) electrons. The van der Waals surface area contributed by atoms with Crippen LogP contribution in [0.4, 0.5) is 35.9 Å². The summed E-state index contributed by atoms with van der Waals surface area (Å²) in [6.45, 7) is 0. The molecule has 0 unspecified atom stereocenters. The normalized spacial score (nSPS) is 11.5. The lowest BCUT2D eigenvalue weighted by Gasteiger charge is -2.08. The molecule has 2 rings (SSSR count). The molecule has 2 aromatic rings. The Kier molecular flexibility index (Phi) is 4.87. The fourth-order valence-corrected chi connectivity index (χ4v) is 1.64. The Bertz CT molecular complexity index is 792. The number of amides is 1. The monoisotopic (exact) mass is 338 g/mol. The Hall–Kier alpha value is -3.30. The molecular formula is C14H9F3N4O3. The van der Waals surface area contributed by atoms with E-state index in [1.165, 1.54) is 11.4 Å². The van der Waals surface area contributed by atoms with Gasteiger partial charge in [0, 0.05) is 6.07 Å². The van der Waals surface area contributed by atoms with E-state index in [4.69, 9.17) is 0 Å². The average Bonchev–Trinajstić information content (AvgIpc) is 2.53. The van der Waals surface area contributed by atoms with Gasteiger partial charge >= 0.3 is 12.1 Å². The first kappa shape index (κ1) is 17.1. The maximum atomic E-state index is 12.2. The molecule has 10 heteroatoms. The number of nitrogens with zero attached hydrogens (tertiary/aromatic N) is 3. The number of nitro benzene ring substituents is 1. The zero-order chi connectivity index (χ0) is 17.7. The minimum Gasteiger partial charge on any atom is -0.312 e. The molecule has 0 saturated heterocycles. The van der Waals surface area contributed by atoms with E-state index >= 15 is 0 Å². The molecule has 2 aromatic carbocycles. The molecule has 1 N–H and O–H groups in total. The van der Waals surface area contributed by atoms with Crippen molar-refractivity contribution >= 4 is 28.7 Å². The SMILES string of the molecule is O=C(Nc1ccc(N=Nc2ccccc2)cc1[N+](=O)[O-])C(F)(F)F. The molecule has 1 amide bonds. The molecule has 0 aliphatic carbocycles. The predicted molar refractivity (Wildman–Crippen MR) is 78.4 cm³/mol. The van der Waals surface area contributed by atoms with Crippen LogP contribution >= 0.6 is 0 Å². The van der Waals surface area contributed by atoms with Crippen molar-refractivity contribution in [3.8, 4) is 0 Å². The smallest absolute Gasteiger partial charge is 0.312 e. The van der Waals surface area contributed by atoms with Crippen LogP contribution in [0.3, 0.4) is 0 Å². The number of benzene rings is 2. The van der Waals surface area contributed by atoms with Crippen molar-refractivity contribution in [1.29, 1.82) is 0 Å². The second-order valence-electron chi connectivity index (χ2n) is 4.45. The van der Waals surface area contributed by atoms with Crippen molar-refractivity contribution in [2.45, 2.75) is 6.18 Å². The topological polar surface area (TPSA) is 97.0 Å². The van der Waals surface area contributed by atoms with Gasteiger partial charge in [0.1, 0.15) is 5.69 Å². The van der Waals surface area contributed by atoms with Crippen molar-refractivity contribution in [2.75, 3.05) is 5.32 Å². The van der Waals surface area contributed by atoms with E-state index in [0.717, 1.165) is 12.1 Å². The summed E-state index contributed by atoms with van der Waals surface area (Å²) >= 11 is 0. The molecule has 0 fully saturated rings. The molecule has 0 aliphatic heterocycles. The number of nitrogens with one attached hydrogen (secondary N) is 1. The molecule has 7 nitrogen and oxygen atoms in total. The molecule has 0 aromatic heterocycles. The van der Waals surface area contributed by atoms with E-state index in [9.17, 15) is 28.1 Å². The van der Waals surface area contributed by atoms with Gasteiger partial charge in [-0.25, -0.2) is 0 Å². The van der Waals surface area contributed by atoms with Crippen molar-refractivity contribution < 1.29 is 22.9 Å². The third-order valence-corrected chi connectivity index (χ3v) is 2.72. The summed E-state index contributed by atoms with van der Waals surface area (Å²) in [7, 11) is 0. The summed E-state index contributed by atoms with van der Waals surface area (Å²) in [6.07, 6.45) is -5.15. The zero-order valence-electron chi connectivity index (χ0n) is 11.8. The first-order valence-electron chi connectivity index (χ1n) is 6.41. The largest absolute Gasteiger partial charge is 0.471 e. The van der Waals surface area contributed by atoms with Gasteiger partial charge in [0.25, 0.3) is 5.69 Å². The lowest BCUT2D eigenvalue weighted by atomic mass is 10.2. The third-order valence-electron chi connectivity index (χ3n) is 2.72. The van der Waals surface area contributed by atoms with Gasteiger partial charge in [0.2, 0.25) is 0 Å². The van der Waals surface area contributed by atoms with Crippen LogP contribution in [0.25, 0.3) is 0 Å². The molecule has 0 atom stereocenters. The molecule has 124 valence electrons. The average molecular weight is 338 g/mol. The van der Waals surface area contributed by atoms with Crippen LogP contribution in [0.1, 0.15) is 0 Å². The molecule has 0 heterocycles. The van der Waals surface area contributed by atoms with E-state index in [2.05, 4.69) is 10.2 Å². The predicted octanol–water partition coefficient (Wildman–Crippen LogP) is 4.51. The summed E-state index contributed by atoms with van der Waals surface area (Å²) in [6, 6.07) is 11.6. The molecule has 0 aliphatic rings. The first-order valence-corrected chi connectivity index (χ1v) is 6.41. The van der Waals surface area contributed by atoms with Crippen molar-refractivity contribution in [2.24, 2.45) is 10.2 Å². The molecular weight excluding hydrogens is 329 g/mol. The Morgan fingerprint density at radius 3 is 2.25 bits per heavy atom. The summed E-state index contributed by atoms with van der Waals surface area (Å²) in [5, 5.41) is 20.1. The minimum absolute atomic E-state index is 0.0514. The number of azo groups is 1. The van der Waals surface area contributed by atoms with Crippen molar-refractivity contribution in [3.63, 3.8) is 0 Å². The highest BCUT2D eigenvalue weighted by atomic mass is 19.4. The third kappa shape index (κ3) is 4.35. The quantitative estimate of drug-likeness (QED) is 0.504. The number of halogens is 3. The van der Waals surface area contributed by atoms with Crippen LogP contribution in [0.5, 0.6) is 0 Å². The van der Waals surface area contributed by atoms with Crippen molar-refractivity contribution in [3.05, 3.63) is 58.6 Å². The number of nitro groups is 1. The van der Waals surface area contributed by atoms with E-state index in [0.29, 0.717) is 5.69 Å². The number of anilines is 1. The molecule has 0 saturated carbocycles. The number of alkyl halides is 3. The Morgan fingerprint density at radius 2 is 1.67 bits per heavy atom. The minimum atomic E-state index is -5.15. The van der Waals surface area contributed by atoms with Crippen LogP contribution in [0.2, 0.25) is 0 Å². The van der Waals surface area contributed by atoms with Gasteiger partial charge < -0.3 is 5.32 Å². The maximum absolute atomic E-state index is 12.2. The van der Waals surface area contributed by atoms with Crippen LogP contribution in [-0.4, -0.2) is 17.0 Å². The number of carbonyl (C=O) groups excluding carboxylic acids is 1. The number of hydrogen-bond acceptors (Lipinski definition) is 5. The maximum Gasteiger partial charge on any atom is 0.471 e. The van der Waals surface area contributed by atoms with Gasteiger partial charge in [-0.05, 0) is 24.3 Å². The Morgan fingerprint density at radius 1 is 1.04 bits per heavy atom. The highest BCUT2D eigenvalue weighted by Crippen LogP contribution is 2.31. The zero-order valence-corrected chi connectivity index (χ0v) is 11.8. The van der Waals surface area contributed by atoms with E-state index in [-0.39, 0.29) is 5.69 Å². The molecule has 0 spiro atoms. The Labute approximate surface area is 133 Å². The summed E-state index contributed by atoms with van der Waals surface area (Å²) in [5.74, 6) is -2.30. The summed E-state index contributed by atoms with van der Waals surface area (Å²) < 4.78 is 36.7. The van der Waals surface area contributed by atoms with Crippen LogP contribution < -0.4 is 5.32 Å². The highest BCUT2D eigenvalue weighted by molar-refractivity contribution is 5.97. The number of hydrogen-bond donors (Lipinski definition) is 1. The summed E-state index contributed by atoms with van der Waals surface area (Å²) in [5.41, 5.74) is -0.761. The highest BCUT2D eigenvalue weighted by Gasteiger charge is 2.39. The fraction of sp³-hybridized carbons (Fsp3) is 0.0714. The number of carbonyl (C=O) groups is 1. The second kappa shape index (κ2) is 6.86. The van der Waals surface area contributed by atoms with E-state index in [1.807, 2.05) is 0 Å². The summed E-state index contributed by atoms with van der Waals surface area (Å²) in [4.78, 5) is 21.0. The lowest BCUT2D eigenvalue weighted by molar-refractivity contribution is -0.383. The van der Waals surface area contributed by atoms with E-state index in [1.54, 1.807) is 30.3 Å². The molecule has 0 bridgehead atoms. The van der Waals surface area contributed by atoms with Crippen LogP contribution in [0, 0.1) is 10.1 Å². The lowest BCUT2D eigenvalue weighted by Crippen LogP contribution is -2.30. The van der Waals surface area contributed by atoms with Gasteiger partial charge in [-0.15, -0.1) is 0 Å². The first-order chi connectivity index (χ1) is 11.3. The van der Waals surface area contributed by atoms with Gasteiger partial charge in [-0.2, -0.15) is 23.4 Å². The van der Waals surface area contributed by atoms with Gasteiger partial charge in [0.05, 0.1) is 16.3 Å². The van der Waals surface area contributed by atoms with E-state index < -0.39 is 28.4 Å². The van der Waals surface area contributed by atoms with Gasteiger partial charge in [-0.3, -0.25) is 14.9 Å². The second-order valence-corrected chi connectivity index (χ2v) is 4.45. The van der Waals surface area contributed by atoms with Crippen molar-refractivity contribution in [1.82, 2.24) is 0 Å². The van der Waals surface area contributed by atoms with Crippen LogP contribution in [-0.2, 0) is 4.79 Å².